The molecule has 0 aromatic heterocycles. The number of carboxylic acid groups (broad SMARTS) is 1. The summed E-state index contributed by atoms with van der Waals surface area (Å²) >= 11 is 0. The molecule has 0 saturated heterocycles. The Morgan fingerprint density at radius 3 is 2.31 bits per heavy atom. The molecule has 0 aliphatic carbocycles. The largest absolute Gasteiger partial charge is 0.478 e. The zero-order chi connectivity index (χ0) is 12.0. The predicted molar refractivity (Wildman–Crippen MR) is 65.5 cm³/mol. The maximum Gasteiger partial charge on any atom is 0.328 e. The summed E-state index contributed by atoms with van der Waals surface area (Å²) in [5.41, 5.74) is 2.40. The summed E-state index contributed by atoms with van der Waals surface area (Å²) < 4.78 is 0. The van der Waals surface area contributed by atoms with Gasteiger partial charge in [0, 0.05) is 30.2 Å². The Labute approximate surface area is 94.3 Å². The number of carboxylic acids is 1. The SMILES string of the molecule is C=C(/C=C\C(=O)O)Nc1ccc(NC)cc1. The molecule has 0 fully saturated rings. The number of hydrogen-bond acceptors (Lipinski definition) is 3. The second-order valence-electron chi connectivity index (χ2n) is 3.15. The van der Waals surface area contributed by atoms with Crippen LogP contribution >= 0.6 is 0 Å². The van der Waals surface area contributed by atoms with Crippen molar-refractivity contribution in [3.8, 4) is 0 Å². The molecule has 4 nitrogen and oxygen atoms in total. The van der Waals surface area contributed by atoms with Crippen LogP contribution in [0.25, 0.3) is 0 Å². The first kappa shape index (κ1) is 11.8. The molecule has 0 bridgehead atoms. The molecule has 0 unspecified atom stereocenters. The molecule has 0 atom stereocenters. The first-order chi connectivity index (χ1) is 7.61. The molecule has 0 heterocycles. The van der Waals surface area contributed by atoms with Gasteiger partial charge in [-0.25, -0.2) is 4.79 Å². The zero-order valence-electron chi connectivity index (χ0n) is 9.03. The summed E-state index contributed by atoms with van der Waals surface area (Å²) in [4.78, 5) is 10.3. The van der Waals surface area contributed by atoms with Crippen molar-refractivity contribution in [2.45, 2.75) is 0 Å². The number of nitrogens with one attached hydrogen (secondary N) is 2. The third-order valence-electron chi connectivity index (χ3n) is 1.91. The van der Waals surface area contributed by atoms with E-state index in [-0.39, 0.29) is 0 Å². The van der Waals surface area contributed by atoms with Crippen LogP contribution in [0, 0.1) is 0 Å². The summed E-state index contributed by atoms with van der Waals surface area (Å²) in [6.07, 6.45) is 2.45. The first-order valence-electron chi connectivity index (χ1n) is 4.76. The molecule has 0 spiro atoms. The van der Waals surface area contributed by atoms with Gasteiger partial charge in [0.2, 0.25) is 0 Å². The molecule has 3 N–H and O–H groups in total. The lowest BCUT2D eigenvalue weighted by Crippen LogP contribution is -1.97. The van der Waals surface area contributed by atoms with Crippen molar-refractivity contribution in [2.75, 3.05) is 17.7 Å². The van der Waals surface area contributed by atoms with Crippen molar-refractivity contribution < 1.29 is 9.90 Å². The van der Waals surface area contributed by atoms with Gasteiger partial charge in [0.25, 0.3) is 0 Å². The maximum atomic E-state index is 10.3. The summed E-state index contributed by atoms with van der Waals surface area (Å²) in [6.45, 7) is 3.69. The molecule has 84 valence electrons. The van der Waals surface area contributed by atoms with E-state index in [1.54, 1.807) is 0 Å². The molecule has 16 heavy (non-hydrogen) atoms. The monoisotopic (exact) mass is 218 g/mol. The van der Waals surface area contributed by atoms with E-state index in [2.05, 4.69) is 17.2 Å². The molecule has 0 aliphatic heterocycles. The molecule has 0 amide bonds. The minimum atomic E-state index is -0.992. The minimum Gasteiger partial charge on any atom is -0.478 e. The van der Waals surface area contributed by atoms with Gasteiger partial charge in [0.15, 0.2) is 0 Å². The number of hydrogen-bond donors (Lipinski definition) is 3. The van der Waals surface area contributed by atoms with Gasteiger partial charge in [-0.15, -0.1) is 0 Å². The molecule has 0 radical (unpaired) electrons. The Morgan fingerprint density at radius 1 is 1.25 bits per heavy atom. The van der Waals surface area contributed by atoms with Gasteiger partial charge in [-0.2, -0.15) is 0 Å². The minimum absolute atomic E-state index is 0.527. The fraction of sp³-hybridized carbons (Fsp3) is 0.0833. The van der Waals surface area contributed by atoms with Crippen molar-refractivity contribution in [3.63, 3.8) is 0 Å². The van der Waals surface area contributed by atoms with E-state index in [9.17, 15) is 4.79 Å². The average Bonchev–Trinajstić information content (AvgIpc) is 2.27. The van der Waals surface area contributed by atoms with E-state index in [0.29, 0.717) is 5.70 Å². The van der Waals surface area contributed by atoms with Crippen LogP contribution in [-0.2, 0) is 4.79 Å². The van der Waals surface area contributed by atoms with Crippen LogP contribution < -0.4 is 10.6 Å². The molecule has 4 heteroatoms. The van der Waals surface area contributed by atoms with Gasteiger partial charge >= 0.3 is 5.97 Å². The van der Waals surface area contributed by atoms with Crippen molar-refractivity contribution in [3.05, 3.63) is 48.7 Å². The molecule has 1 aromatic rings. The van der Waals surface area contributed by atoms with Crippen LogP contribution in [0.2, 0.25) is 0 Å². The van der Waals surface area contributed by atoms with Crippen LogP contribution in [0.3, 0.4) is 0 Å². The highest BCUT2D eigenvalue weighted by Gasteiger charge is 1.94. The quantitative estimate of drug-likeness (QED) is 0.524. The first-order valence-corrected chi connectivity index (χ1v) is 4.76. The summed E-state index contributed by atoms with van der Waals surface area (Å²) in [5.74, 6) is -0.992. The lowest BCUT2D eigenvalue weighted by Gasteiger charge is -2.06. The molecule has 1 aromatic carbocycles. The second kappa shape index (κ2) is 5.60. The van der Waals surface area contributed by atoms with E-state index in [1.807, 2.05) is 31.3 Å². The predicted octanol–water partition coefficient (Wildman–Crippen LogP) is 2.29. The van der Waals surface area contributed by atoms with E-state index in [4.69, 9.17) is 5.11 Å². The fourth-order valence-corrected chi connectivity index (χ4v) is 1.12. The van der Waals surface area contributed by atoms with Crippen LogP contribution in [0.15, 0.2) is 48.7 Å². The normalized spacial score (nSPS) is 10.1. The number of carbonyl (C=O) groups is 1. The van der Waals surface area contributed by atoms with E-state index >= 15 is 0 Å². The Balaban J connectivity index is 2.59. The van der Waals surface area contributed by atoms with Crippen molar-refractivity contribution in [2.24, 2.45) is 0 Å². The molecule has 0 aliphatic rings. The van der Waals surface area contributed by atoms with Crippen molar-refractivity contribution in [1.82, 2.24) is 0 Å². The lowest BCUT2D eigenvalue weighted by atomic mass is 10.2. The fourth-order valence-electron chi connectivity index (χ4n) is 1.12. The van der Waals surface area contributed by atoms with Gasteiger partial charge in [0.05, 0.1) is 0 Å². The van der Waals surface area contributed by atoms with Crippen molar-refractivity contribution >= 4 is 17.3 Å². The number of allylic oxidation sites excluding steroid dienone is 1. The molecular weight excluding hydrogens is 204 g/mol. The number of rotatable bonds is 5. The Morgan fingerprint density at radius 2 is 1.81 bits per heavy atom. The third kappa shape index (κ3) is 3.88. The highest BCUT2D eigenvalue weighted by molar-refractivity contribution is 5.80. The van der Waals surface area contributed by atoms with Crippen LogP contribution in [-0.4, -0.2) is 18.1 Å². The van der Waals surface area contributed by atoms with Gasteiger partial charge < -0.3 is 15.7 Å². The smallest absolute Gasteiger partial charge is 0.328 e. The van der Waals surface area contributed by atoms with E-state index < -0.39 is 5.97 Å². The second-order valence-corrected chi connectivity index (χ2v) is 3.15. The van der Waals surface area contributed by atoms with E-state index in [0.717, 1.165) is 17.5 Å². The number of anilines is 2. The van der Waals surface area contributed by atoms with Crippen molar-refractivity contribution in [1.29, 1.82) is 0 Å². The summed E-state index contributed by atoms with van der Waals surface area (Å²) in [7, 11) is 1.84. The number of aliphatic carboxylic acids is 1. The lowest BCUT2D eigenvalue weighted by molar-refractivity contribution is -0.131. The Kier molecular flexibility index (Phi) is 4.15. The van der Waals surface area contributed by atoms with E-state index in [1.165, 1.54) is 6.08 Å². The Bertz CT molecular complexity index is 408. The van der Waals surface area contributed by atoms with Gasteiger partial charge in [0.1, 0.15) is 0 Å². The van der Waals surface area contributed by atoms with Gasteiger partial charge in [-0.3, -0.25) is 0 Å². The zero-order valence-corrected chi connectivity index (χ0v) is 9.03. The van der Waals surface area contributed by atoms with Gasteiger partial charge in [-0.05, 0) is 30.3 Å². The molecule has 1 rings (SSSR count). The van der Waals surface area contributed by atoms with Gasteiger partial charge in [-0.1, -0.05) is 6.58 Å². The summed E-state index contributed by atoms with van der Waals surface area (Å²) in [5, 5.41) is 14.4. The molecular formula is C12H14N2O2. The average molecular weight is 218 g/mol. The highest BCUT2D eigenvalue weighted by atomic mass is 16.4. The highest BCUT2D eigenvalue weighted by Crippen LogP contribution is 2.14. The van der Waals surface area contributed by atoms with Crippen LogP contribution in [0.4, 0.5) is 11.4 Å². The van der Waals surface area contributed by atoms with Crippen LogP contribution in [0.1, 0.15) is 0 Å². The topological polar surface area (TPSA) is 61.4 Å². The standard InChI is InChI=1S/C12H14N2O2/c1-9(3-8-12(15)16)14-11-6-4-10(13-2)5-7-11/h3-8,13-14H,1H2,2H3,(H,15,16)/b8-3-. The Hall–Kier alpha value is -2.23. The molecule has 0 saturated carbocycles. The maximum absolute atomic E-state index is 10.3. The number of benzene rings is 1. The van der Waals surface area contributed by atoms with Crippen LogP contribution in [0.5, 0.6) is 0 Å². The summed E-state index contributed by atoms with van der Waals surface area (Å²) in [6, 6.07) is 7.59. The third-order valence-corrected chi connectivity index (χ3v) is 1.91.